The summed E-state index contributed by atoms with van der Waals surface area (Å²) in [6.07, 6.45) is 0. The molecule has 308 valence electrons. The molecule has 1 heteroatoms. The molecular formula is C64H47N. The summed E-state index contributed by atoms with van der Waals surface area (Å²) in [4.78, 5) is 2.52. The molecule has 0 radical (unpaired) electrons. The Morgan fingerprint density at radius 1 is 0.277 bits per heavy atom. The average Bonchev–Trinajstić information content (AvgIpc) is 3.83. The van der Waals surface area contributed by atoms with E-state index in [2.05, 4.69) is 267 Å². The van der Waals surface area contributed by atoms with Crippen molar-refractivity contribution in [2.75, 3.05) is 4.90 Å². The highest BCUT2D eigenvalue weighted by Gasteiger charge is 2.48. The number of rotatable bonds is 8. The van der Waals surface area contributed by atoms with Crippen LogP contribution >= 0.6 is 0 Å². The van der Waals surface area contributed by atoms with Gasteiger partial charge in [-0.05, 0) is 117 Å². The molecule has 0 N–H and O–H groups in total. The molecule has 10 aromatic carbocycles. The molecule has 0 saturated carbocycles. The van der Waals surface area contributed by atoms with Crippen molar-refractivity contribution in [1.82, 2.24) is 0 Å². The van der Waals surface area contributed by atoms with E-state index in [0.29, 0.717) is 0 Å². The van der Waals surface area contributed by atoms with Crippen molar-refractivity contribution in [3.8, 4) is 33.4 Å². The minimum Gasteiger partial charge on any atom is -0.310 e. The minimum atomic E-state index is -0.547. The summed E-state index contributed by atoms with van der Waals surface area (Å²) in [5, 5.41) is 0. The van der Waals surface area contributed by atoms with Gasteiger partial charge in [-0.25, -0.2) is 0 Å². The van der Waals surface area contributed by atoms with E-state index in [1.165, 1.54) is 89.0 Å². The summed E-state index contributed by atoms with van der Waals surface area (Å²) in [6, 6.07) is 93.0. The van der Waals surface area contributed by atoms with Crippen LogP contribution in [0.2, 0.25) is 0 Å². The zero-order chi connectivity index (χ0) is 43.5. The molecule has 0 saturated heterocycles. The van der Waals surface area contributed by atoms with Crippen molar-refractivity contribution in [2.24, 2.45) is 0 Å². The first-order valence-corrected chi connectivity index (χ1v) is 22.8. The summed E-state index contributed by atoms with van der Waals surface area (Å²) in [5.74, 6) is 0. The van der Waals surface area contributed by atoms with Gasteiger partial charge in [0.2, 0.25) is 0 Å². The van der Waals surface area contributed by atoms with E-state index in [0.717, 1.165) is 17.1 Å². The number of hydrogen-bond donors (Lipinski definition) is 0. The molecule has 0 heterocycles. The number of fused-ring (bicyclic) bond motifs is 6. The lowest BCUT2D eigenvalue weighted by atomic mass is 9.67. The van der Waals surface area contributed by atoms with E-state index in [1.807, 2.05) is 0 Å². The Morgan fingerprint density at radius 2 is 0.631 bits per heavy atom. The van der Waals surface area contributed by atoms with Crippen LogP contribution in [0.15, 0.2) is 249 Å². The summed E-state index contributed by atoms with van der Waals surface area (Å²) in [6.45, 7) is 4.35. The number of hydrogen-bond acceptors (Lipinski definition) is 1. The van der Waals surface area contributed by atoms with Gasteiger partial charge >= 0.3 is 0 Å². The second-order valence-electron chi connectivity index (χ2n) is 17.7. The van der Waals surface area contributed by atoms with Crippen LogP contribution in [0, 0.1) is 13.8 Å². The molecule has 2 unspecified atom stereocenters. The van der Waals surface area contributed by atoms with Crippen molar-refractivity contribution in [3.63, 3.8) is 0 Å². The van der Waals surface area contributed by atoms with E-state index in [9.17, 15) is 0 Å². The number of para-hydroxylation sites is 1. The first-order chi connectivity index (χ1) is 32.1. The zero-order valence-electron chi connectivity index (χ0n) is 36.6. The van der Waals surface area contributed by atoms with Gasteiger partial charge < -0.3 is 4.90 Å². The van der Waals surface area contributed by atoms with Crippen molar-refractivity contribution in [2.45, 2.75) is 24.7 Å². The summed E-state index contributed by atoms with van der Waals surface area (Å²) in [5.41, 5.74) is 22.3. The molecule has 0 bridgehead atoms. The van der Waals surface area contributed by atoms with Crippen molar-refractivity contribution < 1.29 is 0 Å². The van der Waals surface area contributed by atoms with E-state index in [-0.39, 0.29) is 0 Å². The predicted molar refractivity (Wildman–Crippen MR) is 271 cm³/mol. The lowest BCUT2D eigenvalue weighted by molar-refractivity contribution is 0.767. The fourth-order valence-electron chi connectivity index (χ4n) is 11.3. The van der Waals surface area contributed by atoms with Crippen molar-refractivity contribution >= 4 is 17.1 Å². The first-order valence-electron chi connectivity index (χ1n) is 22.8. The Balaban J connectivity index is 1.16. The molecule has 2 aliphatic rings. The standard InChI is InChI=1S/C64H47N/c1-44-30-34-49(35-31-44)63(47-20-8-4-9-21-47)58-27-15-12-25-54(58)56-40-38-51(42-60(56)63)65(62-29-17-14-24-53(62)46-18-6-3-7-19-46)52-39-41-57-55-26-13-16-28-59(55)64(61(57)43-52,48-22-10-5-11-23-48)50-36-32-45(2)33-37-50/h3-43H,1-2H3. The van der Waals surface area contributed by atoms with Gasteiger partial charge in [0.25, 0.3) is 0 Å². The van der Waals surface area contributed by atoms with Gasteiger partial charge in [-0.2, -0.15) is 0 Å². The van der Waals surface area contributed by atoms with Crippen LogP contribution in [0.4, 0.5) is 17.1 Å². The first kappa shape index (κ1) is 38.7. The largest absolute Gasteiger partial charge is 0.310 e. The van der Waals surface area contributed by atoms with E-state index < -0.39 is 10.8 Å². The Bertz CT molecular complexity index is 3180. The maximum Gasteiger partial charge on any atom is 0.0714 e. The quantitative estimate of drug-likeness (QED) is 0.147. The third-order valence-electron chi connectivity index (χ3n) is 14.2. The molecule has 10 aromatic rings. The van der Waals surface area contributed by atoms with E-state index >= 15 is 0 Å². The van der Waals surface area contributed by atoms with Crippen molar-refractivity contribution in [1.29, 1.82) is 0 Å². The highest BCUT2D eigenvalue weighted by Crippen LogP contribution is 2.60. The fourth-order valence-corrected chi connectivity index (χ4v) is 11.3. The molecule has 0 fully saturated rings. The van der Waals surface area contributed by atoms with E-state index in [1.54, 1.807) is 0 Å². The van der Waals surface area contributed by atoms with E-state index in [4.69, 9.17) is 0 Å². The third-order valence-corrected chi connectivity index (χ3v) is 14.2. The maximum atomic E-state index is 2.52. The highest BCUT2D eigenvalue weighted by molar-refractivity contribution is 5.94. The van der Waals surface area contributed by atoms with Crippen LogP contribution in [-0.4, -0.2) is 0 Å². The second kappa shape index (κ2) is 15.4. The van der Waals surface area contributed by atoms with Crippen LogP contribution in [0.3, 0.4) is 0 Å². The number of aryl methyl sites for hydroxylation is 2. The molecule has 0 spiro atoms. The zero-order valence-corrected chi connectivity index (χ0v) is 36.6. The fraction of sp³-hybridized carbons (Fsp3) is 0.0625. The Kier molecular flexibility index (Phi) is 9.14. The van der Waals surface area contributed by atoms with Crippen LogP contribution in [0.1, 0.15) is 55.6 Å². The molecule has 0 amide bonds. The molecule has 2 atom stereocenters. The summed E-state index contributed by atoms with van der Waals surface area (Å²) >= 11 is 0. The van der Waals surface area contributed by atoms with Gasteiger partial charge in [0.05, 0.1) is 16.5 Å². The number of nitrogens with zero attached hydrogens (tertiary/aromatic N) is 1. The maximum absolute atomic E-state index is 2.52. The lowest BCUT2D eigenvalue weighted by Crippen LogP contribution is -2.29. The van der Waals surface area contributed by atoms with Gasteiger partial charge in [-0.1, -0.05) is 230 Å². The molecule has 65 heavy (non-hydrogen) atoms. The Hall–Kier alpha value is -8.00. The molecular weight excluding hydrogens is 783 g/mol. The van der Waals surface area contributed by atoms with Gasteiger partial charge in [0, 0.05) is 16.9 Å². The van der Waals surface area contributed by atoms with Crippen LogP contribution in [0.25, 0.3) is 33.4 Å². The number of benzene rings is 10. The Labute approximate surface area is 382 Å². The monoisotopic (exact) mass is 829 g/mol. The molecule has 1 nitrogen and oxygen atoms in total. The average molecular weight is 830 g/mol. The summed E-state index contributed by atoms with van der Waals surface area (Å²) in [7, 11) is 0. The van der Waals surface area contributed by atoms with Gasteiger partial charge in [0.15, 0.2) is 0 Å². The van der Waals surface area contributed by atoms with Crippen LogP contribution in [-0.2, 0) is 10.8 Å². The minimum absolute atomic E-state index is 0.547. The normalized spacial score (nSPS) is 16.6. The SMILES string of the molecule is Cc1ccc(C2(c3ccccc3)c3ccccc3-c3ccc(N(c4ccc5c(c4)C(c4ccccc4)(c4ccc(C)cc4)c4ccccc4-5)c4ccccc4-c4ccccc4)cc32)cc1. The second-order valence-corrected chi connectivity index (χ2v) is 17.7. The van der Waals surface area contributed by atoms with Gasteiger partial charge in [0.1, 0.15) is 0 Å². The van der Waals surface area contributed by atoms with Crippen molar-refractivity contribution in [3.05, 3.63) is 304 Å². The smallest absolute Gasteiger partial charge is 0.0714 e. The molecule has 12 rings (SSSR count). The lowest BCUT2D eigenvalue weighted by Gasteiger charge is -2.36. The topological polar surface area (TPSA) is 3.24 Å². The van der Waals surface area contributed by atoms with Crippen LogP contribution in [0.5, 0.6) is 0 Å². The van der Waals surface area contributed by atoms with Gasteiger partial charge in [-0.3, -0.25) is 0 Å². The number of anilines is 3. The molecule has 0 aliphatic heterocycles. The molecule has 0 aromatic heterocycles. The molecule has 2 aliphatic carbocycles. The van der Waals surface area contributed by atoms with Gasteiger partial charge in [-0.15, -0.1) is 0 Å². The van der Waals surface area contributed by atoms with Crippen LogP contribution < -0.4 is 4.90 Å². The summed E-state index contributed by atoms with van der Waals surface area (Å²) < 4.78 is 0. The third kappa shape index (κ3) is 5.86. The Morgan fingerprint density at radius 3 is 1.09 bits per heavy atom. The predicted octanol–water partition coefficient (Wildman–Crippen LogP) is 16.2. The highest BCUT2D eigenvalue weighted by atomic mass is 15.1.